The standard InChI is InChI=1S/C16H17N3OS/c1-10-12-8-11(4-5-13(12)17-15(10)20)14-9-21-16(18-14)19-6-2-3-7-19/h4-5,8-10H,2-3,6-7H2,1H3,(H,17,20)/t10-/m0/s1. The van der Waals surface area contributed by atoms with E-state index in [4.69, 9.17) is 4.98 Å². The summed E-state index contributed by atoms with van der Waals surface area (Å²) in [5.74, 6) is 0.00909. The molecule has 4 nitrogen and oxygen atoms in total. The molecule has 1 fully saturated rings. The van der Waals surface area contributed by atoms with Crippen LogP contribution in [0.25, 0.3) is 11.3 Å². The molecule has 1 atom stereocenters. The molecular formula is C16H17N3OS. The predicted molar refractivity (Wildman–Crippen MR) is 86.0 cm³/mol. The van der Waals surface area contributed by atoms with E-state index in [0.717, 1.165) is 40.7 Å². The van der Waals surface area contributed by atoms with Gasteiger partial charge in [-0.15, -0.1) is 11.3 Å². The number of hydrogen-bond acceptors (Lipinski definition) is 4. The number of amides is 1. The van der Waals surface area contributed by atoms with Crippen molar-refractivity contribution in [2.24, 2.45) is 0 Å². The molecule has 0 bridgehead atoms. The van der Waals surface area contributed by atoms with Gasteiger partial charge in [-0.3, -0.25) is 4.79 Å². The monoisotopic (exact) mass is 299 g/mol. The molecule has 0 aliphatic carbocycles. The van der Waals surface area contributed by atoms with Gasteiger partial charge in [-0.25, -0.2) is 4.98 Å². The maximum absolute atomic E-state index is 11.7. The first-order valence-corrected chi connectivity index (χ1v) is 8.26. The molecule has 0 unspecified atom stereocenters. The van der Waals surface area contributed by atoms with Crippen LogP contribution in [0.3, 0.4) is 0 Å². The Morgan fingerprint density at radius 2 is 2.14 bits per heavy atom. The van der Waals surface area contributed by atoms with Crippen LogP contribution >= 0.6 is 11.3 Å². The summed E-state index contributed by atoms with van der Waals surface area (Å²) < 4.78 is 0. The number of fused-ring (bicyclic) bond motifs is 1. The average molecular weight is 299 g/mol. The van der Waals surface area contributed by atoms with Gasteiger partial charge in [0.1, 0.15) is 0 Å². The quantitative estimate of drug-likeness (QED) is 0.923. The van der Waals surface area contributed by atoms with Gasteiger partial charge in [0.25, 0.3) is 0 Å². The molecule has 21 heavy (non-hydrogen) atoms. The fraction of sp³-hybridized carbons (Fsp3) is 0.375. The second-order valence-electron chi connectivity index (χ2n) is 5.72. The number of hydrogen-bond donors (Lipinski definition) is 1. The lowest BCUT2D eigenvalue weighted by Crippen LogP contribution is -2.17. The summed E-state index contributed by atoms with van der Waals surface area (Å²) in [6.07, 6.45) is 2.53. The molecule has 1 aromatic heterocycles. The maximum atomic E-state index is 11.7. The highest BCUT2D eigenvalue weighted by molar-refractivity contribution is 7.14. The second kappa shape index (κ2) is 4.84. The topological polar surface area (TPSA) is 45.2 Å². The van der Waals surface area contributed by atoms with Crippen molar-refractivity contribution >= 4 is 28.1 Å². The second-order valence-corrected chi connectivity index (χ2v) is 6.56. The highest BCUT2D eigenvalue weighted by atomic mass is 32.1. The molecule has 1 amide bonds. The highest BCUT2D eigenvalue weighted by Crippen LogP contribution is 2.36. The van der Waals surface area contributed by atoms with Crippen LogP contribution in [-0.4, -0.2) is 24.0 Å². The molecule has 2 aliphatic rings. The van der Waals surface area contributed by atoms with Crippen molar-refractivity contribution in [2.45, 2.75) is 25.7 Å². The number of thiazole rings is 1. The van der Waals surface area contributed by atoms with Crippen LogP contribution in [0.5, 0.6) is 0 Å². The van der Waals surface area contributed by atoms with Crippen LogP contribution in [0.2, 0.25) is 0 Å². The Bertz CT molecular complexity index is 703. The molecule has 5 heteroatoms. The van der Waals surface area contributed by atoms with E-state index < -0.39 is 0 Å². The molecule has 0 radical (unpaired) electrons. The third-order valence-electron chi connectivity index (χ3n) is 4.33. The lowest BCUT2D eigenvalue weighted by atomic mass is 10.00. The van der Waals surface area contributed by atoms with E-state index in [1.807, 2.05) is 19.1 Å². The van der Waals surface area contributed by atoms with Gasteiger partial charge in [0.2, 0.25) is 5.91 Å². The summed E-state index contributed by atoms with van der Waals surface area (Å²) in [6, 6.07) is 6.13. The van der Waals surface area contributed by atoms with E-state index in [-0.39, 0.29) is 11.8 Å². The third-order valence-corrected chi connectivity index (χ3v) is 5.24. The molecule has 1 saturated heterocycles. The lowest BCUT2D eigenvalue weighted by Gasteiger charge is -2.12. The van der Waals surface area contributed by atoms with E-state index in [1.54, 1.807) is 11.3 Å². The first-order chi connectivity index (χ1) is 10.2. The molecule has 1 N–H and O–H groups in total. The smallest absolute Gasteiger partial charge is 0.231 e. The first kappa shape index (κ1) is 12.8. The van der Waals surface area contributed by atoms with Crippen molar-refractivity contribution in [3.8, 4) is 11.3 Å². The normalized spacial score (nSPS) is 20.7. The molecule has 108 valence electrons. The summed E-state index contributed by atoms with van der Waals surface area (Å²) in [5, 5.41) is 6.14. The Labute approximate surface area is 127 Å². The lowest BCUT2D eigenvalue weighted by molar-refractivity contribution is -0.116. The zero-order valence-electron chi connectivity index (χ0n) is 11.9. The predicted octanol–water partition coefficient (Wildman–Crippen LogP) is 3.47. The molecule has 1 aromatic carbocycles. The number of aromatic nitrogens is 1. The van der Waals surface area contributed by atoms with Gasteiger partial charge in [-0.05, 0) is 37.5 Å². The number of benzene rings is 1. The van der Waals surface area contributed by atoms with Gasteiger partial charge in [0.05, 0.1) is 11.6 Å². The zero-order chi connectivity index (χ0) is 14.4. The average Bonchev–Trinajstić information content (AvgIpc) is 3.20. The highest BCUT2D eigenvalue weighted by Gasteiger charge is 2.27. The van der Waals surface area contributed by atoms with Crippen LogP contribution in [0.1, 0.15) is 31.2 Å². The largest absolute Gasteiger partial charge is 0.348 e. The van der Waals surface area contributed by atoms with Gasteiger partial charge in [-0.1, -0.05) is 6.07 Å². The summed E-state index contributed by atoms with van der Waals surface area (Å²) in [4.78, 5) is 18.9. The number of anilines is 2. The summed E-state index contributed by atoms with van der Waals surface area (Å²) in [7, 11) is 0. The number of rotatable bonds is 2. The number of carbonyl (C=O) groups is 1. The Hall–Kier alpha value is -1.88. The fourth-order valence-corrected chi connectivity index (χ4v) is 3.92. The van der Waals surface area contributed by atoms with Gasteiger partial charge < -0.3 is 10.2 Å². The Balaban J connectivity index is 1.67. The Morgan fingerprint density at radius 1 is 1.33 bits per heavy atom. The van der Waals surface area contributed by atoms with E-state index in [0.29, 0.717) is 0 Å². The van der Waals surface area contributed by atoms with E-state index in [2.05, 4.69) is 21.7 Å². The van der Waals surface area contributed by atoms with E-state index in [1.165, 1.54) is 12.8 Å². The van der Waals surface area contributed by atoms with E-state index in [9.17, 15) is 4.79 Å². The van der Waals surface area contributed by atoms with Crippen molar-refractivity contribution in [1.29, 1.82) is 0 Å². The van der Waals surface area contributed by atoms with Gasteiger partial charge >= 0.3 is 0 Å². The van der Waals surface area contributed by atoms with Crippen LogP contribution < -0.4 is 10.2 Å². The van der Waals surface area contributed by atoms with E-state index >= 15 is 0 Å². The maximum Gasteiger partial charge on any atom is 0.231 e. The number of carbonyl (C=O) groups excluding carboxylic acids is 1. The summed E-state index contributed by atoms with van der Waals surface area (Å²) >= 11 is 1.71. The summed E-state index contributed by atoms with van der Waals surface area (Å²) in [6.45, 7) is 4.18. The SMILES string of the molecule is C[C@@H]1C(=O)Nc2ccc(-c3csc(N4CCCC4)n3)cc21. The van der Waals surface area contributed by atoms with Gasteiger partial charge in [0.15, 0.2) is 5.13 Å². The van der Waals surface area contributed by atoms with Crippen LogP contribution in [-0.2, 0) is 4.79 Å². The van der Waals surface area contributed by atoms with Crippen molar-refractivity contribution in [3.05, 3.63) is 29.1 Å². The number of nitrogens with zero attached hydrogens (tertiary/aromatic N) is 2. The van der Waals surface area contributed by atoms with Crippen molar-refractivity contribution < 1.29 is 4.79 Å². The molecular weight excluding hydrogens is 282 g/mol. The third kappa shape index (κ3) is 2.12. The van der Waals surface area contributed by atoms with Crippen molar-refractivity contribution in [1.82, 2.24) is 4.98 Å². The Morgan fingerprint density at radius 3 is 2.95 bits per heavy atom. The Kier molecular flexibility index (Phi) is 2.96. The molecule has 4 rings (SSSR count). The molecule has 0 saturated carbocycles. The molecule has 0 spiro atoms. The minimum Gasteiger partial charge on any atom is -0.348 e. The van der Waals surface area contributed by atoms with Crippen molar-refractivity contribution in [2.75, 3.05) is 23.3 Å². The van der Waals surface area contributed by atoms with Gasteiger partial charge in [0, 0.05) is 29.7 Å². The number of nitrogens with one attached hydrogen (secondary N) is 1. The first-order valence-electron chi connectivity index (χ1n) is 7.38. The van der Waals surface area contributed by atoms with Crippen LogP contribution in [0.4, 0.5) is 10.8 Å². The molecule has 3 heterocycles. The fourth-order valence-electron chi connectivity index (χ4n) is 3.03. The van der Waals surface area contributed by atoms with Gasteiger partial charge in [-0.2, -0.15) is 0 Å². The molecule has 2 aromatic rings. The van der Waals surface area contributed by atoms with Crippen LogP contribution in [0, 0.1) is 0 Å². The zero-order valence-corrected chi connectivity index (χ0v) is 12.7. The summed E-state index contributed by atoms with van der Waals surface area (Å²) in [5.41, 5.74) is 4.12. The van der Waals surface area contributed by atoms with Crippen molar-refractivity contribution in [3.63, 3.8) is 0 Å². The van der Waals surface area contributed by atoms with Crippen LogP contribution in [0.15, 0.2) is 23.6 Å². The molecule has 2 aliphatic heterocycles. The minimum absolute atomic E-state index is 0.0726. The minimum atomic E-state index is -0.0726.